The van der Waals surface area contributed by atoms with Gasteiger partial charge < -0.3 is 29.4 Å². The van der Waals surface area contributed by atoms with Crippen LogP contribution in [0.3, 0.4) is 0 Å². The van der Waals surface area contributed by atoms with Gasteiger partial charge in [-0.3, -0.25) is 14.9 Å². The molecular weight excluding hydrogens is 360 g/mol. The van der Waals surface area contributed by atoms with Gasteiger partial charge in [0.1, 0.15) is 30.1 Å². The quantitative estimate of drug-likeness (QED) is 0.575. The lowest BCUT2D eigenvalue weighted by Crippen LogP contribution is -2.69. The van der Waals surface area contributed by atoms with E-state index in [1.54, 1.807) is 13.8 Å². The van der Waals surface area contributed by atoms with E-state index in [0.717, 1.165) is 0 Å². The van der Waals surface area contributed by atoms with Gasteiger partial charge in [0.05, 0.1) is 11.5 Å². The van der Waals surface area contributed by atoms with Crippen molar-refractivity contribution in [1.82, 2.24) is 5.32 Å². The molecule has 148 valence electrons. The summed E-state index contributed by atoms with van der Waals surface area (Å²) in [5.74, 6) is -0.965. The van der Waals surface area contributed by atoms with E-state index in [4.69, 9.17) is 18.9 Å². The number of aliphatic hydroxyl groups excluding tert-OH is 1. The molecule has 0 saturated carbocycles. The number of rotatable bonds is 4. The van der Waals surface area contributed by atoms with Crippen molar-refractivity contribution in [3.8, 4) is 5.75 Å². The van der Waals surface area contributed by atoms with Crippen molar-refractivity contribution in [3.05, 3.63) is 34.4 Å². The Morgan fingerprint density at radius 1 is 1.37 bits per heavy atom. The second kappa shape index (κ2) is 7.39. The highest BCUT2D eigenvalue weighted by Gasteiger charge is 2.52. The number of carbonyl (C=O) groups is 1. The van der Waals surface area contributed by atoms with Gasteiger partial charge in [-0.15, -0.1) is 0 Å². The number of benzene rings is 1. The summed E-state index contributed by atoms with van der Waals surface area (Å²) in [7, 11) is 0. The summed E-state index contributed by atoms with van der Waals surface area (Å²) in [6.45, 7) is 4.95. The fourth-order valence-corrected chi connectivity index (χ4v) is 3.11. The second-order valence-electron chi connectivity index (χ2n) is 6.92. The molecule has 1 amide bonds. The van der Waals surface area contributed by atoms with Gasteiger partial charge in [0.25, 0.3) is 5.69 Å². The van der Waals surface area contributed by atoms with Crippen LogP contribution in [0.25, 0.3) is 0 Å². The van der Waals surface area contributed by atoms with Crippen molar-refractivity contribution in [2.75, 3.05) is 6.61 Å². The van der Waals surface area contributed by atoms with Crippen molar-refractivity contribution in [3.63, 3.8) is 0 Å². The van der Waals surface area contributed by atoms with Gasteiger partial charge >= 0.3 is 0 Å². The number of fused-ring (bicyclic) bond motifs is 1. The molecule has 10 nitrogen and oxygen atoms in total. The first-order valence-electron chi connectivity index (χ1n) is 8.50. The average molecular weight is 382 g/mol. The average Bonchev–Trinajstić information content (AvgIpc) is 2.59. The first kappa shape index (κ1) is 19.5. The zero-order chi connectivity index (χ0) is 19.8. The van der Waals surface area contributed by atoms with Crippen molar-refractivity contribution >= 4 is 11.6 Å². The van der Waals surface area contributed by atoms with E-state index in [2.05, 4.69) is 5.32 Å². The van der Waals surface area contributed by atoms with Crippen LogP contribution in [0, 0.1) is 10.1 Å². The Kier molecular flexibility index (Phi) is 5.33. The normalized spacial score (nSPS) is 32.2. The second-order valence-corrected chi connectivity index (χ2v) is 6.92. The first-order chi connectivity index (χ1) is 12.7. The highest BCUT2D eigenvalue weighted by atomic mass is 16.8. The molecule has 0 aromatic heterocycles. The molecule has 0 aliphatic carbocycles. The van der Waals surface area contributed by atoms with E-state index in [9.17, 15) is 20.0 Å². The number of non-ortho nitro benzene ring substituents is 1. The SMILES string of the molecule is CC(=O)N[C@@H]1[C@@H](Oc2ccc([N+](=O)[O-])cc2)O[C@H]2COC(C)(C)O[C@H]2[C@H]1O. The minimum Gasteiger partial charge on any atom is -0.463 e. The lowest BCUT2D eigenvalue weighted by molar-refractivity contribution is -0.384. The van der Waals surface area contributed by atoms with Gasteiger partial charge in [-0.1, -0.05) is 0 Å². The molecule has 2 saturated heterocycles. The molecule has 2 N–H and O–H groups in total. The standard InChI is InChI=1S/C17H22N2O8/c1-9(20)18-13-14(21)15-12(8-24-17(2,3)27-15)26-16(13)25-11-6-4-10(5-7-11)19(22)23/h4-7,12-16,21H,8H2,1-3H3,(H,18,20)/t12-,13-,14-,15+,16-/m0/s1. The Morgan fingerprint density at radius 2 is 2.04 bits per heavy atom. The molecule has 2 aliphatic rings. The fourth-order valence-electron chi connectivity index (χ4n) is 3.11. The number of hydrogen-bond acceptors (Lipinski definition) is 8. The van der Waals surface area contributed by atoms with Crippen molar-refractivity contribution in [2.45, 2.75) is 57.2 Å². The number of amides is 1. The molecule has 0 unspecified atom stereocenters. The highest BCUT2D eigenvalue weighted by Crippen LogP contribution is 2.33. The summed E-state index contributed by atoms with van der Waals surface area (Å²) in [4.78, 5) is 21.8. The van der Waals surface area contributed by atoms with Crippen LogP contribution < -0.4 is 10.1 Å². The Hall–Kier alpha value is -2.27. The van der Waals surface area contributed by atoms with Crippen LogP contribution in [-0.4, -0.2) is 59.0 Å². The fraction of sp³-hybridized carbons (Fsp3) is 0.588. The van der Waals surface area contributed by atoms with E-state index in [-0.39, 0.29) is 18.2 Å². The number of nitrogens with one attached hydrogen (secondary N) is 1. The van der Waals surface area contributed by atoms with Crippen molar-refractivity contribution in [1.29, 1.82) is 0 Å². The van der Waals surface area contributed by atoms with Gasteiger partial charge in [-0.25, -0.2) is 0 Å². The maximum Gasteiger partial charge on any atom is 0.269 e. The number of hydrogen-bond donors (Lipinski definition) is 2. The third-order valence-corrected chi connectivity index (χ3v) is 4.36. The maximum atomic E-state index is 11.6. The molecule has 0 spiro atoms. The molecule has 2 fully saturated rings. The monoisotopic (exact) mass is 382 g/mol. The molecule has 2 aliphatic heterocycles. The zero-order valence-electron chi connectivity index (χ0n) is 15.2. The van der Waals surface area contributed by atoms with Gasteiger partial charge in [0.2, 0.25) is 12.2 Å². The minimum absolute atomic E-state index is 0.0817. The molecule has 0 bridgehead atoms. The van der Waals surface area contributed by atoms with E-state index in [0.29, 0.717) is 5.75 Å². The van der Waals surface area contributed by atoms with Crippen LogP contribution in [0.1, 0.15) is 20.8 Å². The number of nitrogens with zero attached hydrogens (tertiary/aromatic N) is 1. The molecular formula is C17H22N2O8. The number of nitro groups is 1. The van der Waals surface area contributed by atoms with Gasteiger partial charge in [0, 0.05) is 19.1 Å². The predicted octanol–water partition coefficient (Wildman–Crippen LogP) is 0.716. The van der Waals surface area contributed by atoms with Gasteiger partial charge in [-0.05, 0) is 26.0 Å². The van der Waals surface area contributed by atoms with Crippen LogP contribution >= 0.6 is 0 Å². The van der Waals surface area contributed by atoms with Crippen LogP contribution in [-0.2, 0) is 19.0 Å². The summed E-state index contributed by atoms with van der Waals surface area (Å²) in [6.07, 6.45) is -3.43. The lowest BCUT2D eigenvalue weighted by Gasteiger charge is -2.49. The lowest BCUT2D eigenvalue weighted by atomic mass is 9.95. The molecule has 1 aromatic rings. The summed E-state index contributed by atoms with van der Waals surface area (Å²) in [5, 5.41) is 24.2. The van der Waals surface area contributed by atoms with Crippen molar-refractivity contribution in [2.24, 2.45) is 0 Å². The Balaban J connectivity index is 1.79. The molecule has 1 aromatic carbocycles. The molecule has 10 heteroatoms. The third kappa shape index (κ3) is 4.35. The number of aliphatic hydroxyl groups is 1. The molecule has 27 heavy (non-hydrogen) atoms. The summed E-state index contributed by atoms with van der Waals surface area (Å²) in [6, 6.07) is 4.52. The van der Waals surface area contributed by atoms with Crippen LogP contribution in [0.2, 0.25) is 0 Å². The minimum atomic E-state index is -1.10. The van der Waals surface area contributed by atoms with Crippen molar-refractivity contribution < 1.29 is 33.8 Å². The Labute approximate surface area is 155 Å². The molecule has 3 rings (SSSR count). The Morgan fingerprint density at radius 3 is 2.63 bits per heavy atom. The van der Waals surface area contributed by atoms with Crippen LogP contribution in [0.5, 0.6) is 5.75 Å². The number of carbonyl (C=O) groups excluding carboxylic acids is 1. The van der Waals surface area contributed by atoms with E-state index in [1.165, 1.54) is 31.2 Å². The number of nitro benzene ring substituents is 1. The van der Waals surface area contributed by atoms with Crippen LogP contribution in [0.4, 0.5) is 5.69 Å². The smallest absolute Gasteiger partial charge is 0.269 e. The first-order valence-corrected chi connectivity index (χ1v) is 8.50. The zero-order valence-corrected chi connectivity index (χ0v) is 15.2. The Bertz CT molecular complexity index is 707. The summed E-state index contributed by atoms with van der Waals surface area (Å²) >= 11 is 0. The summed E-state index contributed by atoms with van der Waals surface area (Å²) < 4.78 is 22.9. The molecule has 5 atom stereocenters. The molecule has 0 radical (unpaired) electrons. The largest absolute Gasteiger partial charge is 0.463 e. The molecule has 2 heterocycles. The summed E-state index contributed by atoms with van der Waals surface area (Å²) in [5.41, 5.74) is -0.0817. The van der Waals surface area contributed by atoms with Crippen LogP contribution in [0.15, 0.2) is 24.3 Å². The highest BCUT2D eigenvalue weighted by molar-refractivity contribution is 5.73. The van der Waals surface area contributed by atoms with Gasteiger partial charge in [-0.2, -0.15) is 0 Å². The van der Waals surface area contributed by atoms with E-state index < -0.39 is 41.4 Å². The van der Waals surface area contributed by atoms with E-state index in [1.807, 2.05) is 0 Å². The van der Waals surface area contributed by atoms with Gasteiger partial charge in [0.15, 0.2) is 5.79 Å². The number of ether oxygens (including phenoxy) is 4. The predicted molar refractivity (Wildman–Crippen MR) is 90.9 cm³/mol. The topological polar surface area (TPSA) is 129 Å². The maximum absolute atomic E-state index is 11.6. The van der Waals surface area contributed by atoms with E-state index >= 15 is 0 Å². The third-order valence-electron chi connectivity index (χ3n) is 4.36.